The van der Waals surface area contributed by atoms with Crippen LogP contribution >= 0.6 is 0 Å². The summed E-state index contributed by atoms with van der Waals surface area (Å²) in [7, 11) is 1.48. The number of hydrogen-bond acceptors (Lipinski definition) is 3. The Hall–Kier alpha value is -1.68. The van der Waals surface area contributed by atoms with Crippen molar-refractivity contribution in [2.75, 3.05) is 7.05 Å². The Bertz CT molecular complexity index is 482. The molecule has 1 aromatic carbocycles. The number of carbonyl (C=O) groups excluding carboxylic acids is 2. The van der Waals surface area contributed by atoms with Crippen LogP contribution in [0.1, 0.15) is 40.9 Å². The number of imide groups is 1. The van der Waals surface area contributed by atoms with Crippen molar-refractivity contribution in [2.45, 2.75) is 25.9 Å². The van der Waals surface area contributed by atoms with Gasteiger partial charge in [0, 0.05) is 12.6 Å². The van der Waals surface area contributed by atoms with Crippen molar-refractivity contribution >= 4 is 11.8 Å². The topological polar surface area (TPSA) is 57.6 Å². The van der Waals surface area contributed by atoms with Crippen LogP contribution in [0.4, 0.5) is 0 Å². The summed E-state index contributed by atoms with van der Waals surface area (Å²) in [6.07, 6.45) is 0.290. The average Bonchev–Trinajstić information content (AvgIpc) is 2.35. The molecule has 0 fully saturated rings. The summed E-state index contributed by atoms with van der Waals surface area (Å²) >= 11 is 0. The number of carbonyl (C=O) groups is 2. The first-order chi connectivity index (χ1) is 8.04. The van der Waals surface area contributed by atoms with E-state index >= 15 is 0 Å². The van der Waals surface area contributed by atoms with Gasteiger partial charge in [0.05, 0.1) is 12.5 Å². The van der Waals surface area contributed by atoms with Gasteiger partial charge in [-0.3, -0.25) is 14.5 Å². The third kappa shape index (κ3) is 1.96. The quantitative estimate of drug-likeness (QED) is 0.783. The van der Waals surface area contributed by atoms with Gasteiger partial charge in [0.25, 0.3) is 5.91 Å². The summed E-state index contributed by atoms with van der Waals surface area (Å²) in [5, 5.41) is 9.74. The van der Waals surface area contributed by atoms with Crippen molar-refractivity contribution in [3.8, 4) is 0 Å². The van der Waals surface area contributed by atoms with Crippen molar-refractivity contribution in [1.82, 2.24) is 4.90 Å². The normalized spacial score (nSPS) is 17.0. The number of aliphatic hydroxyl groups excluding tert-OH is 1. The maximum atomic E-state index is 11.9. The lowest BCUT2D eigenvalue weighted by atomic mass is 9.94. The lowest BCUT2D eigenvalue weighted by Crippen LogP contribution is -2.39. The van der Waals surface area contributed by atoms with E-state index in [9.17, 15) is 14.7 Å². The predicted octanol–water partition coefficient (Wildman–Crippen LogP) is 1.28. The lowest BCUT2D eigenvalue weighted by molar-refractivity contribution is -0.127. The molecule has 17 heavy (non-hydrogen) atoms. The van der Waals surface area contributed by atoms with E-state index in [1.165, 1.54) is 7.05 Å². The van der Waals surface area contributed by atoms with Gasteiger partial charge in [-0.1, -0.05) is 19.1 Å². The first-order valence-electron chi connectivity index (χ1n) is 5.66. The summed E-state index contributed by atoms with van der Waals surface area (Å²) in [4.78, 5) is 24.5. The summed E-state index contributed by atoms with van der Waals surface area (Å²) < 4.78 is 0. The van der Waals surface area contributed by atoms with E-state index in [1.54, 1.807) is 18.2 Å². The zero-order valence-corrected chi connectivity index (χ0v) is 9.93. The third-order valence-electron chi connectivity index (χ3n) is 3.16. The van der Waals surface area contributed by atoms with Gasteiger partial charge >= 0.3 is 0 Å². The molecule has 90 valence electrons. The molecule has 0 saturated carbocycles. The lowest BCUT2D eigenvalue weighted by Gasteiger charge is -2.24. The standard InChI is InChI=1S/C13H15NO3/c1-3-11(15)9-5-4-8-7-12(16)14(2)13(17)10(8)6-9/h4-6,11,15H,3,7H2,1-2H3/t11-/m0/s1. The van der Waals surface area contributed by atoms with Crippen LogP contribution < -0.4 is 0 Å². The summed E-state index contributed by atoms with van der Waals surface area (Å²) in [5.41, 5.74) is 1.99. The molecule has 1 aromatic rings. The van der Waals surface area contributed by atoms with Crippen LogP contribution in [0.15, 0.2) is 18.2 Å². The summed E-state index contributed by atoms with van der Waals surface area (Å²) in [5.74, 6) is -0.479. The Morgan fingerprint density at radius 2 is 2.12 bits per heavy atom. The van der Waals surface area contributed by atoms with Crippen molar-refractivity contribution in [3.63, 3.8) is 0 Å². The van der Waals surface area contributed by atoms with Crippen LogP contribution in [0.5, 0.6) is 0 Å². The van der Waals surface area contributed by atoms with Gasteiger partial charge in [-0.05, 0) is 23.6 Å². The van der Waals surface area contributed by atoms with Gasteiger partial charge in [0.15, 0.2) is 0 Å². The molecule has 2 rings (SSSR count). The number of nitrogens with zero attached hydrogens (tertiary/aromatic N) is 1. The Morgan fingerprint density at radius 3 is 2.76 bits per heavy atom. The second-order valence-corrected chi connectivity index (χ2v) is 4.28. The maximum absolute atomic E-state index is 11.9. The van der Waals surface area contributed by atoms with Gasteiger partial charge in [-0.15, -0.1) is 0 Å². The van der Waals surface area contributed by atoms with Crippen LogP contribution in [-0.4, -0.2) is 28.9 Å². The second kappa shape index (κ2) is 4.30. The summed E-state index contributed by atoms with van der Waals surface area (Å²) in [6.45, 7) is 1.88. The van der Waals surface area contributed by atoms with Crippen LogP contribution in [0.2, 0.25) is 0 Å². The monoisotopic (exact) mass is 233 g/mol. The fourth-order valence-electron chi connectivity index (χ4n) is 1.97. The Balaban J connectivity index is 2.45. The number of amides is 2. The minimum Gasteiger partial charge on any atom is -0.388 e. The molecule has 1 N–H and O–H groups in total. The minimum absolute atomic E-state index is 0.189. The fourth-order valence-corrected chi connectivity index (χ4v) is 1.97. The van der Waals surface area contributed by atoms with Gasteiger partial charge in [0.2, 0.25) is 5.91 Å². The van der Waals surface area contributed by atoms with Gasteiger partial charge in [-0.2, -0.15) is 0 Å². The number of aliphatic hydroxyl groups is 1. The van der Waals surface area contributed by atoms with E-state index in [2.05, 4.69) is 0 Å². The van der Waals surface area contributed by atoms with Gasteiger partial charge < -0.3 is 5.11 Å². The molecule has 2 amide bonds. The molecule has 1 aliphatic heterocycles. The van der Waals surface area contributed by atoms with E-state index in [0.717, 1.165) is 16.0 Å². The van der Waals surface area contributed by atoms with E-state index in [4.69, 9.17) is 0 Å². The molecule has 0 aliphatic carbocycles. The molecule has 0 radical (unpaired) electrons. The highest BCUT2D eigenvalue weighted by Crippen LogP contribution is 2.24. The van der Waals surface area contributed by atoms with E-state index in [-0.39, 0.29) is 18.2 Å². The third-order valence-corrected chi connectivity index (χ3v) is 3.16. The summed E-state index contributed by atoms with van der Waals surface area (Å²) in [6, 6.07) is 5.22. The maximum Gasteiger partial charge on any atom is 0.260 e. The largest absolute Gasteiger partial charge is 0.388 e. The van der Waals surface area contributed by atoms with E-state index in [0.29, 0.717) is 12.0 Å². The van der Waals surface area contributed by atoms with Gasteiger partial charge in [-0.25, -0.2) is 0 Å². The highest BCUT2D eigenvalue weighted by Gasteiger charge is 2.28. The predicted molar refractivity (Wildman–Crippen MR) is 62.5 cm³/mol. The number of benzene rings is 1. The molecule has 0 aromatic heterocycles. The molecular weight excluding hydrogens is 218 g/mol. The molecule has 1 heterocycles. The zero-order chi connectivity index (χ0) is 12.6. The highest BCUT2D eigenvalue weighted by atomic mass is 16.3. The van der Waals surface area contributed by atoms with Crippen molar-refractivity contribution in [1.29, 1.82) is 0 Å². The molecule has 0 saturated heterocycles. The molecule has 0 spiro atoms. The Labute approximate surface area is 99.9 Å². The van der Waals surface area contributed by atoms with E-state index in [1.807, 2.05) is 6.92 Å². The highest BCUT2D eigenvalue weighted by molar-refractivity contribution is 6.09. The van der Waals surface area contributed by atoms with Gasteiger partial charge in [0.1, 0.15) is 0 Å². The first kappa shape index (κ1) is 11.8. The minimum atomic E-state index is -0.559. The number of fused-ring (bicyclic) bond motifs is 1. The average molecular weight is 233 g/mol. The smallest absolute Gasteiger partial charge is 0.260 e. The van der Waals surface area contributed by atoms with Crippen molar-refractivity contribution in [2.24, 2.45) is 0 Å². The van der Waals surface area contributed by atoms with Crippen LogP contribution in [0.25, 0.3) is 0 Å². The fraction of sp³-hybridized carbons (Fsp3) is 0.385. The van der Waals surface area contributed by atoms with Crippen LogP contribution in [-0.2, 0) is 11.2 Å². The molecule has 1 aliphatic rings. The van der Waals surface area contributed by atoms with E-state index < -0.39 is 6.10 Å². The molecule has 0 bridgehead atoms. The number of rotatable bonds is 2. The zero-order valence-electron chi connectivity index (χ0n) is 9.93. The molecule has 0 unspecified atom stereocenters. The van der Waals surface area contributed by atoms with Crippen LogP contribution in [0.3, 0.4) is 0 Å². The second-order valence-electron chi connectivity index (χ2n) is 4.28. The Kier molecular flexibility index (Phi) is 2.98. The number of hydrogen-bond donors (Lipinski definition) is 1. The number of likely N-dealkylation sites (N-methyl/N-ethyl adjacent to an activating group) is 1. The van der Waals surface area contributed by atoms with Crippen molar-refractivity contribution < 1.29 is 14.7 Å². The molecular formula is C13H15NO3. The Morgan fingerprint density at radius 1 is 1.41 bits per heavy atom. The van der Waals surface area contributed by atoms with Crippen molar-refractivity contribution in [3.05, 3.63) is 34.9 Å². The molecule has 4 nitrogen and oxygen atoms in total. The first-order valence-corrected chi connectivity index (χ1v) is 5.66. The SMILES string of the molecule is CC[C@H](O)c1ccc2c(c1)C(=O)N(C)C(=O)C2. The molecule has 4 heteroatoms. The molecule has 1 atom stereocenters. The van der Waals surface area contributed by atoms with Crippen LogP contribution in [0, 0.1) is 0 Å².